The Kier molecular flexibility index (Phi) is 4.78. The van der Waals surface area contributed by atoms with Crippen molar-refractivity contribution in [2.24, 2.45) is 5.73 Å². The number of nitrogens with two attached hydrogens (primary N) is 1. The summed E-state index contributed by atoms with van der Waals surface area (Å²) in [4.78, 5) is 11.6. The van der Waals surface area contributed by atoms with Gasteiger partial charge in [0, 0.05) is 12.6 Å². The number of ether oxygens (including phenoxy) is 3. The molecule has 0 saturated heterocycles. The molecule has 17 heavy (non-hydrogen) atoms. The van der Waals surface area contributed by atoms with Gasteiger partial charge >= 0.3 is 5.97 Å². The average Bonchev–Trinajstić information content (AvgIpc) is 2.38. The number of rotatable bonds is 5. The summed E-state index contributed by atoms with van der Waals surface area (Å²) in [6.45, 7) is 0.170. The summed E-state index contributed by atoms with van der Waals surface area (Å²) in [6, 6.07) is 5.22. The summed E-state index contributed by atoms with van der Waals surface area (Å²) < 4.78 is 15.0. The van der Waals surface area contributed by atoms with Gasteiger partial charge in [0.15, 0.2) is 0 Å². The zero-order chi connectivity index (χ0) is 12.8. The molecule has 0 spiro atoms. The van der Waals surface area contributed by atoms with Crippen LogP contribution < -0.4 is 15.2 Å². The van der Waals surface area contributed by atoms with E-state index in [2.05, 4.69) is 0 Å². The van der Waals surface area contributed by atoms with E-state index < -0.39 is 5.92 Å². The Labute approximate surface area is 100 Å². The van der Waals surface area contributed by atoms with Crippen molar-refractivity contribution in [3.63, 3.8) is 0 Å². The van der Waals surface area contributed by atoms with Crippen LogP contribution in [0.4, 0.5) is 0 Å². The lowest BCUT2D eigenvalue weighted by Gasteiger charge is -2.15. The first-order valence-corrected chi connectivity index (χ1v) is 5.17. The van der Waals surface area contributed by atoms with Crippen LogP contribution in [0.5, 0.6) is 11.5 Å². The van der Waals surface area contributed by atoms with Crippen molar-refractivity contribution in [1.29, 1.82) is 0 Å². The molecule has 0 aliphatic carbocycles. The maximum Gasteiger partial charge on any atom is 0.314 e. The molecule has 0 amide bonds. The summed E-state index contributed by atoms with van der Waals surface area (Å²) in [5.41, 5.74) is 6.30. The second kappa shape index (κ2) is 6.10. The SMILES string of the molecule is COC(=O)[C@H](CN)c1cc(OC)cc(OC)c1. The van der Waals surface area contributed by atoms with Crippen LogP contribution in [0.15, 0.2) is 18.2 Å². The molecule has 0 saturated carbocycles. The van der Waals surface area contributed by atoms with Gasteiger partial charge in [-0.3, -0.25) is 4.79 Å². The van der Waals surface area contributed by atoms with Crippen molar-refractivity contribution in [3.05, 3.63) is 23.8 Å². The largest absolute Gasteiger partial charge is 0.497 e. The highest BCUT2D eigenvalue weighted by molar-refractivity contribution is 5.78. The third kappa shape index (κ3) is 3.10. The van der Waals surface area contributed by atoms with Crippen molar-refractivity contribution < 1.29 is 19.0 Å². The highest BCUT2D eigenvalue weighted by Gasteiger charge is 2.21. The summed E-state index contributed by atoms with van der Waals surface area (Å²) in [5.74, 6) is 0.343. The van der Waals surface area contributed by atoms with Crippen molar-refractivity contribution in [1.82, 2.24) is 0 Å². The molecule has 1 aromatic carbocycles. The summed E-state index contributed by atoms with van der Waals surface area (Å²) >= 11 is 0. The fraction of sp³-hybridized carbons (Fsp3) is 0.417. The monoisotopic (exact) mass is 239 g/mol. The molecule has 0 aromatic heterocycles. The van der Waals surface area contributed by atoms with Crippen molar-refractivity contribution in [2.45, 2.75) is 5.92 Å². The highest BCUT2D eigenvalue weighted by atomic mass is 16.5. The molecule has 0 heterocycles. The van der Waals surface area contributed by atoms with Gasteiger partial charge < -0.3 is 19.9 Å². The molecular formula is C12H17NO4. The quantitative estimate of drug-likeness (QED) is 0.774. The molecule has 1 rings (SSSR count). The molecule has 5 heteroatoms. The Hall–Kier alpha value is -1.75. The van der Waals surface area contributed by atoms with Crippen LogP contribution in [0.25, 0.3) is 0 Å². The van der Waals surface area contributed by atoms with Crippen LogP contribution in [-0.2, 0) is 9.53 Å². The number of methoxy groups -OCH3 is 3. The van der Waals surface area contributed by atoms with Gasteiger partial charge in [-0.15, -0.1) is 0 Å². The first kappa shape index (κ1) is 13.3. The third-order valence-corrected chi connectivity index (χ3v) is 2.50. The molecule has 0 fully saturated rings. The molecular weight excluding hydrogens is 222 g/mol. The lowest BCUT2D eigenvalue weighted by atomic mass is 9.99. The molecule has 0 bridgehead atoms. The van der Waals surface area contributed by atoms with E-state index in [9.17, 15) is 4.79 Å². The minimum atomic E-state index is -0.510. The fourth-order valence-corrected chi connectivity index (χ4v) is 1.54. The van der Waals surface area contributed by atoms with Gasteiger partial charge in [0.2, 0.25) is 0 Å². The number of carbonyl (C=O) groups excluding carboxylic acids is 1. The number of benzene rings is 1. The van der Waals surface area contributed by atoms with E-state index in [1.54, 1.807) is 32.4 Å². The Morgan fingerprint density at radius 2 is 1.71 bits per heavy atom. The van der Waals surface area contributed by atoms with Gasteiger partial charge in [-0.1, -0.05) is 0 Å². The van der Waals surface area contributed by atoms with Crippen LogP contribution in [0.3, 0.4) is 0 Å². The molecule has 1 atom stereocenters. The minimum Gasteiger partial charge on any atom is -0.497 e. The van der Waals surface area contributed by atoms with Crippen LogP contribution in [0.1, 0.15) is 11.5 Å². The normalized spacial score (nSPS) is 11.8. The standard InChI is InChI=1S/C12H17NO4/c1-15-9-4-8(5-10(6-9)16-2)11(7-13)12(14)17-3/h4-6,11H,7,13H2,1-3H3/t11-/m1/s1. The second-order valence-corrected chi connectivity index (χ2v) is 3.46. The van der Waals surface area contributed by atoms with E-state index in [4.69, 9.17) is 19.9 Å². The molecule has 94 valence electrons. The van der Waals surface area contributed by atoms with Crippen LogP contribution >= 0.6 is 0 Å². The molecule has 0 unspecified atom stereocenters. The molecule has 5 nitrogen and oxygen atoms in total. The Morgan fingerprint density at radius 1 is 1.18 bits per heavy atom. The maximum absolute atomic E-state index is 11.6. The van der Waals surface area contributed by atoms with Crippen LogP contribution in [0.2, 0.25) is 0 Å². The smallest absolute Gasteiger partial charge is 0.314 e. The van der Waals surface area contributed by atoms with E-state index in [0.717, 1.165) is 5.56 Å². The minimum absolute atomic E-state index is 0.170. The molecule has 0 aliphatic heterocycles. The van der Waals surface area contributed by atoms with Gasteiger partial charge in [-0.05, 0) is 17.7 Å². The fourth-order valence-electron chi connectivity index (χ4n) is 1.54. The number of esters is 1. The number of hydrogen-bond acceptors (Lipinski definition) is 5. The van der Waals surface area contributed by atoms with E-state index in [1.165, 1.54) is 7.11 Å². The van der Waals surface area contributed by atoms with E-state index >= 15 is 0 Å². The Bertz CT molecular complexity index is 370. The van der Waals surface area contributed by atoms with E-state index in [1.807, 2.05) is 0 Å². The van der Waals surface area contributed by atoms with Crippen molar-refractivity contribution >= 4 is 5.97 Å². The second-order valence-electron chi connectivity index (χ2n) is 3.46. The average molecular weight is 239 g/mol. The maximum atomic E-state index is 11.6. The first-order valence-electron chi connectivity index (χ1n) is 5.17. The molecule has 2 N–H and O–H groups in total. The number of carbonyl (C=O) groups is 1. The van der Waals surface area contributed by atoms with E-state index in [-0.39, 0.29) is 12.5 Å². The highest BCUT2D eigenvalue weighted by Crippen LogP contribution is 2.27. The van der Waals surface area contributed by atoms with Crippen molar-refractivity contribution in [3.8, 4) is 11.5 Å². The summed E-state index contributed by atoms with van der Waals surface area (Å²) in [6.07, 6.45) is 0. The van der Waals surface area contributed by atoms with Gasteiger partial charge in [0.1, 0.15) is 11.5 Å². The molecule has 1 aromatic rings. The van der Waals surface area contributed by atoms with Crippen molar-refractivity contribution in [2.75, 3.05) is 27.9 Å². The first-order chi connectivity index (χ1) is 8.15. The van der Waals surface area contributed by atoms with Gasteiger partial charge in [-0.2, -0.15) is 0 Å². The molecule has 0 radical (unpaired) electrons. The predicted octanol–water partition coefficient (Wildman–Crippen LogP) is 0.919. The zero-order valence-corrected chi connectivity index (χ0v) is 10.2. The Morgan fingerprint density at radius 3 is 2.06 bits per heavy atom. The Balaban J connectivity index is 3.13. The van der Waals surface area contributed by atoms with Crippen LogP contribution in [-0.4, -0.2) is 33.8 Å². The molecule has 0 aliphatic rings. The zero-order valence-electron chi connectivity index (χ0n) is 10.2. The van der Waals surface area contributed by atoms with Gasteiger partial charge in [-0.25, -0.2) is 0 Å². The lowest BCUT2D eigenvalue weighted by Crippen LogP contribution is -2.22. The lowest BCUT2D eigenvalue weighted by molar-refractivity contribution is -0.142. The predicted molar refractivity (Wildman–Crippen MR) is 63.4 cm³/mol. The third-order valence-electron chi connectivity index (χ3n) is 2.50. The van der Waals surface area contributed by atoms with Gasteiger partial charge in [0.05, 0.1) is 27.2 Å². The van der Waals surface area contributed by atoms with Crippen LogP contribution in [0, 0.1) is 0 Å². The van der Waals surface area contributed by atoms with Gasteiger partial charge in [0.25, 0.3) is 0 Å². The topological polar surface area (TPSA) is 70.8 Å². The number of hydrogen-bond donors (Lipinski definition) is 1. The van der Waals surface area contributed by atoms with E-state index in [0.29, 0.717) is 11.5 Å². The summed E-state index contributed by atoms with van der Waals surface area (Å²) in [7, 11) is 4.44. The summed E-state index contributed by atoms with van der Waals surface area (Å²) in [5, 5.41) is 0.